The van der Waals surface area contributed by atoms with Crippen LogP contribution in [0.25, 0.3) is 21.9 Å². The minimum absolute atomic E-state index is 0.0694. The summed E-state index contributed by atoms with van der Waals surface area (Å²) in [7, 11) is 0. The van der Waals surface area contributed by atoms with E-state index >= 15 is 0 Å². The first-order chi connectivity index (χ1) is 14.6. The molecule has 0 saturated heterocycles. The quantitative estimate of drug-likeness (QED) is 0.471. The summed E-state index contributed by atoms with van der Waals surface area (Å²) in [5, 5.41) is 0.765. The molecular formula is C24H21N3O2S. The molecule has 5 nitrogen and oxygen atoms in total. The molecule has 0 radical (unpaired) electrons. The first-order valence-corrected chi connectivity index (χ1v) is 10.8. The molecule has 4 aromatic rings. The van der Waals surface area contributed by atoms with Crippen LogP contribution >= 0.6 is 11.3 Å². The Labute approximate surface area is 178 Å². The molecule has 6 heteroatoms. The minimum Gasteiger partial charge on any atom is -0.487 e. The van der Waals surface area contributed by atoms with E-state index in [1.165, 1.54) is 0 Å². The molecule has 1 aliphatic heterocycles. The first kappa shape index (κ1) is 18.8. The van der Waals surface area contributed by atoms with Crippen LogP contribution in [0.5, 0.6) is 5.75 Å². The van der Waals surface area contributed by atoms with Gasteiger partial charge in [0.1, 0.15) is 23.0 Å². The van der Waals surface area contributed by atoms with Gasteiger partial charge in [0.05, 0.1) is 11.1 Å². The Bertz CT molecular complexity index is 1340. The van der Waals surface area contributed by atoms with Crippen LogP contribution < -0.4 is 10.3 Å². The lowest BCUT2D eigenvalue weighted by Gasteiger charge is -2.09. The van der Waals surface area contributed by atoms with Crippen LogP contribution in [0.4, 0.5) is 0 Å². The van der Waals surface area contributed by atoms with Crippen LogP contribution in [0.15, 0.2) is 53.5 Å². The van der Waals surface area contributed by atoms with Crippen LogP contribution in [0, 0.1) is 13.8 Å². The van der Waals surface area contributed by atoms with Gasteiger partial charge in [0.2, 0.25) is 0 Å². The molecular weight excluding hydrogens is 394 g/mol. The lowest BCUT2D eigenvalue weighted by atomic mass is 10.1. The van der Waals surface area contributed by atoms with E-state index in [9.17, 15) is 4.79 Å². The molecule has 0 unspecified atom stereocenters. The number of nitrogens with zero attached hydrogens (tertiary/aromatic N) is 3. The van der Waals surface area contributed by atoms with Gasteiger partial charge in [-0.2, -0.15) is 0 Å². The third-order valence-corrected chi connectivity index (χ3v) is 6.63. The summed E-state index contributed by atoms with van der Waals surface area (Å²) >= 11 is 1.59. The lowest BCUT2D eigenvalue weighted by molar-refractivity contribution is 0.300. The lowest BCUT2D eigenvalue weighted by Crippen LogP contribution is -2.20. The third kappa shape index (κ3) is 3.23. The smallest absolute Gasteiger partial charge is 0.262 e. The molecule has 0 aliphatic carbocycles. The van der Waals surface area contributed by atoms with Gasteiger partial charge >= 0.3 is 0 Å². The molecule has 0 amide bonds. The monoisotopic (exact) mass is 415 g/mol. The Morgan fingerprint density at radius 1 is 1.17 bits per heavy atom. The third-order valence-electron chi connectivity index (χ3n) is 5.53. The van der Waals surface area contributed by atoms with Crippen molar-refractivity contribution in [3.63, 3.8) is 0 Å². The van der Waals surface area contributed by atoms with Crippen LogP contribution in [0.1, 0.15) is 33.9 Å². The van der Waals surface area contributed by atoms with Crippen molar-refractivity contribution in [3.05, 3.63) is 86.5 Å². The minimum atomic E-state index is 0.0694. The number of rotatable bonds is 4. The van der Waals surface area contributed by atoms with Crippen LogP contribution in [0.3, 0.4) is 0 Å². The molecule has 5 rings (SSSR count). The number of thiophene rings is 1. The zero-order valence-electron chi connectivity index (χ0n) is 16.9. The zero-order chi connectivity index (χ0) is 20.7. The normalized spacial score (nSPS) is 14.4. The van der Waals surface area contributed by atoms with Crippen LogP contribution in [-0.4, -0.2) is 14.5 Å². The van der Waals surface area contributed by atoms with Gasteiger partial charge in [-0.05, 0) is 55.7 Å². The SMILES string of the molecule is Cc1sc2nc3n(c(=O)c2c1C)CC/C3=C/c1ccccc1OCc1ccccn1. The maximum Gasteiger partial charge on any atom is 0.262 e. The van der Waals surface area contributed by atoms with E-state index in [0.717, 1.165) is 55.5 Å². The van der Waals surface area contributed by atoms with Gasteiger partial charge in [-0.3, -0.25) is 14.3 Å². The number of ether oxygens (including phenoxy) is 1. The zero-order valence-corrected chi connectivity index (χ0v) is 17.7. The highest BCUT2D eigenvalue weighted by molar-refractivity contribution is 7.18. The van der Waals surface area contributed by atoms with E-state index in [2.05, 4.69) is 11.1 Å². The maximum atomic E-state index is 13.0. The Hall–Kier alpha value is -3.25. The molecule has 0 spiro atoms. The molecule has 3 aromatic heterocycles. The van der Waals surface area contributed by atoms with E-state index in [-0.39, 0.29) is 5.56 Å². The Kier molecular flexibility index (Phi) is 4.71. The number of aryl methyl sites for hydroxylation is 2. The van der Waals surface area contributed by atoms with Crippen molar-refractivity contribution in [1.82, 2.24) is 14.5 Å². The fourth-order valence-electron chi connectivity index (χ4n) is 3.81. The second-order valence-corrected chi connectivity index (χ2v) is 8.63. The van der Waals surface area contributed by atoms with Crippen molar-refractivity contribution in [2.24, 2.45) is 0 Å². The molecule has 0 fully saturated rings. The van der Waals surface area contributed by atoms with Gasteiger partial charge in [-0.15, -0.1) is 11.3 Å². The van der Waals surface area contributed by atoms with Crippen LogP contribution in [0.2, 0.25) is 0 Å². The number of hydrogen-bond donors (Lipinski definition) is 0. The highest BCUT2D eigenvalue weighted by Crippen LogP contribution is 2.33. The van der Waals surface area contributed by atoms with Crippen molar-refractivity contribution in [2.75, 3.05) is 0 Å². The topological polar surface area (TPSA) is 57.0 Å². The molecule has 0 saturated carbocycles. The van der Waals surface area contributed by atoms with Gasteiger partial charge in [0.15, 0.2) is 0 Å². The molecule has 1 aromatic carbocycles. The highest BCUT2D eigenvalue weighted by Gasteiger charge is 2.23. The molecule has 4 heterocycles. The molecule has 30 heavy (non-hydrogen) atoms. The predicted molar refractivity (Wildman–Crippen MR) is 121 cm³/mol. The second kappa shape index (κ2) is 7.54. The van der Waals surface area contributed by atoms with Crippen molar-refractivity contribution in [2.45, 2.75) is 33.4 Å². The van der Waals surface area contributed by atoms with E-state index in [1.807, 2.05) is 60.9 Å². The molecule has 1 aliphatic rings. The number of fused-ring (bicyclic) bond motifs is 2. The summed E-state index contributed by atoms with van der Waals surface area (Å²) in [5.41, 5.74) is 4.04. The number of hydrogen-bond acceptors (Lipinski definition) is 5. The van der Waals surface area contributed by atoms with Crippen molar-refractivity contribution >= 4 is 33.2 Å². The number of para-hydroxylation sites is 1. The number of benzene rings is 1. The molecule has 0 bridgehead atoms. The van der Waals surface area contributed by atoms with Gasteiger partial charge in [-0.25, -0.2) is 4.98 Å². The van der Waals surface area contributed by atoms with Crippen molar-refractivity contribution < 1.29 is 4.74 Å². The van der Waals surface area contributed by atoms with Gasteiger partial charge in [-0.1, -0.05) is 24.3 Å². The first-order valence-electron chi connectivity index (χ1n) is 9.95. The maximum absolute atomic E-state index is 13.0. The van der Waals surface area contributed by atoms with E-state index < -0.39 is 0 Å². The fourth-order valence-corrected chi connectivity index (χ4v) is 4.83. The fraction of sp³-hybridized carbons (Fsp3) is 0.208. The summed E-state index contributed by atoms with van der Waals surface area (Å²) in [6, 6.07) is 13.7. The summed E-state index contributed by atoms with van der Waals surface area (Å²) in [5.74, 6) is 1.56. The van der Waals surface area contributed by atoms with Gasteiger partial charge in [0.25, 0.3) is 5.56 Å². The highest BCUT2D eigenvalue weighted by atomic mass is 32.1. The van der Waals surface area contributed by atoms with Crippen LogP contribution in [-0.2, 0) is 13.2 Å². The van der Waals surface area contributed by atoms with Crippen molar-refractivity contribution in [1.29, 1.82) is 0 Å². The largest absolute Gasteiger partial charge is 0.487 e. The predicted octanol–water partition coefficient (Wildman–Crippen LogP) is 4.99. The number of aromatic nitrogens is 3. The summed E-state index contributed by atoms with van der Waals surface area (Å²) in [6.45, 7) is 5.12. The average molecular weight is 416 g/mol. The van der Waals surface area contributed by atoms with E-state index in [4.69, 9.17) is 9.72 Å². The standard InChI is InChI=1S/C24H21N3O2S/c1-15-16(2)30-23-21(15)24(28)27-12-10-18(22(27)26-23)13-17-7-3-4-9-20(17)29-14-19-8-5-6-11-25-19/h3-9,11,13H,10,12,14H2,1-2H3/b18-13-. The summed E-state index contributed by atoms with van der Waals surface area (Å²) < 4.78 is 7.85. The van der Waals surface area contributed by atoms with Gasteiger partial charge in [0, 0.05) is 23.2 Å². The Morgan fingerprint density at radius 3 is 2.83 bits per heavy atom. The van der Waals surface area contributed by atoms with Crippen molar-refractivity contribution in [3.8, 4) is 5.75 Å². The van der Waals surface area contributed by atoms with Gasteiger partial charge < -0.3 is 4.74 Å². The Morgan fingerprint density at radius 2 is 2.00 bits per heavy atom. The summed E-state index contributed by atoms with van der Waals surface area (Å²) in [4.78, 5) is 24.2. The number of allylic oxidation sites excluding steroid dienone is 1. The average Bonchev–Trinajstić information content (AvgIpc) is 3.29. The van der Waals surface area contributed by atoms with E-state index in [0.29, 0.717) is 13.2 Å². The molecule has 150 valence electrons. The number of pyridine rings is 1. The second-order valence-electron chi connectivity index (χ2n) is 7.42. The Balaban J connectivity index is 1.52. The molecule has 0 N–H and O–H groups in total. The molecule has 0 atom stereocenters. The van der Waals surface area contributed by atoms with E-state index in [1.54, 1.807) is 17.5 Å². The summed E-state index contributed by atoms with van der Waals surface area (Å²) in [6.07, 6.45) is 4.64.